The van der Waals surface area contributed by atoms with Gasteiger partial charge in [-0.05, 0) is 18.8 Å². The van der Waals surface area contributed by atoms with Gasteiger partial charge in [-0.15, -0.1) is 0 Å². The molecule has 1 aliphatic rings. The fourth-order valence-corrected chi connectivity index (χ4v) is 3.63. The first-order chi connectivity index (χ1) is 18.6. The molecule has 2 heterocycles. The topological polar surface area (TPSA) is 141 Å². The Bertz CT molecular complexity index is 939. The minimum absolute atomic E-state index is 0.0453. The Kier molecular flexibility index (Phi) is 13.6. The molecule has 2 rings (SSSR count). The largest absolute Gasteiger partial charge is 0.493 e. The van der Waals surface area contributed by atoms with E-state index in [9.17, 15) is 14.4 Å². The van der Waals surface area contributed by atoms with E-state index in [1.807, 2.05) is 27.7 Å². The summed E-state index contributed by atoms with van der Waals surface area (Å²) in [7, 11) is 2.82. The van der Waals surface area contributed by atoms with Crippen molar-refractivity contribution < 1.29 is 47.5 Å². The molecule has 1 aromatic rings. The zero-order chi connectivity index (χ0) is 28.9. The van der Waals surface area contributed by atoms with Crippen LogP contribution in [0.15, 0.2) is 12.3 Å². The standard InChI is InChI=1S/C27H42N2O10/c1-16(2)12-36-21-15-35-14-19(27(32)38-18(5)24(21)37-13-17(3)4)29-26(31)23-25(20(34-7)8-10-28-23)39-22(30)9-11-33-6/h8,10,16-19,21,24H,9,11-15H2,1-7H3,(H,29,31)/t18-,19-,21-,24-/m0/s1. The number of rotatable bonds is 13. The first-order valence-corrected chi connectivity index (χ1v) is 13.1. The highest BCUT2D eigenvalue weighted by Crippen LogP contribution is 2.30. The molecule has 4 atom stereocenters. The average Bonchev–Trinajstić information content (AvgIpc) is 2.93. The Labute approximate surface area is 230 Å². The summed E-state index contributed by atoms with van der Waals surface area (Å²) in [5.41, 5.74) is -0.239. The van der Waals surface area contributed by atoms with E-state index in [4.69, 9.17) is 33.2 Å². The lowest BCUT2D eigenvalue weighted by Crippen LogP contribution is -2.47. The molecule has 0 bridgehead atoms. The Morgan fingerprint density at radius 3 is 2.44 bits per heavy atom. The van der Waals surface area contributed by atoms with Gasteiger partial charge >= 0.3 is 11.9 Å². The normalized spacial score (nSPS) is 22.0. The van der Waals surface area contributed by atoms with Crippen LogP contribution in [0.5, 0.6) is 11.5 Å². The van der Waals surface area contributed by atoms with E-state index >= 15 is 0 Å². The lowest BCUT2D eigenvalue weighted by Gasteiger charge is -2.31. The van der Waals surface area contributed by atoms with Crippen molar-refractivity contribution in [1.82, 2.24) is 10.3 Å². The van der Waals surface area contributed by atoms with Gasteiger partial charge in [0.25, 0.3) is 5.91 Å². The van der Waals surface area contributed by atoms with Gasteiger partial charge in [-0.2, -0.15) is 0 Å². The molecule has 12 heteroatoms. The number of ether oxygens (including phenoxy) is 7. The highest BCUT2D eigenvalue weighted by Gasteiger charge is 2.37. The minimum Gasteiger partial charge on any atom is -0.493 e. The van der Waals surface area contributed by atoms with Crippen LogP contribution < -0.4 is 14.8 Å². The SMILES string of the molecule is COCCC(=O)Oc1c(OC)ccnc1C(=O)N[C@H]1COC[C@H](OCC(C)C)[C@@H](OCC(C)C)[C@H](C)OC1=O. The van der Waals surface area contributed by atoms with Gasteiger partial charge in [0.2, 0.25) is 5.75 Å². The molecule has 0 aromatic carbocycles. The third kappa shape index (κ3) is 10.4. The number of amides is 1. The number of esters is 2. The Morgan fingerprint density at radius 1 is 1.10 bits per heavy atom. The zero-order valence-electron chi connectivity index (χ0n) is 23.9. The van der Waals surface area contributed by atoms with Crippen LogP contribution in [0.3, 0.4) is 0 Å². The summed E-state index contributed by atoms with van der Waals surface area (Å²) >= 11 is 0. The molecule has 1 aliphatic heterocycles. The Balaban J connectivity index is 2.23. The van der Waals surface area contributed by atoms with Crippen LogP contribution in [0, 0.1) is 11.8 Å². The number of aromatic nitrogens is 1. The van der Waals surface area contributed by atoms with Crippen LogP contribution >= 0.6 is 0 Å². The molecule has 0 saturated carbocycles. The molecular formula is C27H42N2O10. The maximum absolute atomic E-state index is 13.2. The van der Waals surface area contributed by atoms with Gasteiger partial charge in [-0.25, -0.2) is 9.78 Å². The molecule has 220 valence electrons. The fourth-order valence-electron chi connectivity index (χ4n) is 3.63. The number of methoxy groups -OCH3 is 2. The number of nitrogens with one attached hydrogen (secondary N) is 1. The van der Waals surface area contributed by atoms with E-state index < -0.39 is 42.2 Å². The number of carbonyl (C=O) groups excluding carboxylic acids is 3. The van der Waals surface area contributed by atoms with E-state index in [1.54, 1.807) is 6.92 Å². The maximum Gasteiger partial charge on any atom is 0.331 e. The van der Waals surface area contributed by atoms with Gasteiger partial charge in [-0.1, -0.05) is 27.7 Å². The minimum atomic E-state index is -1.17. The molecule has 39 heavy (non-hydrogen) atoms. The van der Waals surface area contributed by atoms with Crippen molar-refractivity contribution in [3.63, 3.8) is 0 Å². The summed E-state index contributed by atoms with van der Waals surface area (Å²) < 4.78 is 39.2. The molecule has 1 fully saturated rings. The molecular weight excluding hydrogens is 512 g/mol. The molecule has 1 aromatic heterocycles. The monoisotopic (exact) mass is 554 g/mol. The van der Waals surface area contributed by atoms with Gasteiger partial charge in [0.15, 0.2) is 17.5 Å². The first-order valence-electron chi connectivity index (χ1n) is 13.1. The molecule has 0 radical (unpaired) electrons. The van der Waals surface area contributed by atoms with Crippen LogP contribution in [-0.4, -0.2) is 94.4 Å². The van der Waals surface area contributed by atoms with Gasteiger partial charge in [0.1, 0.15) is 18.3 Å². The predicted molar refractivity (Wildman–Crippen MR) is 140 cm³/mol. The zero-order valence-corrected chi connectivity index (χ0v) is 23.9. The lowest BCUT2D eigenvalue weighted by molar-refractivity contribution is -0.170. The number of cyclic esters (lactones) is 1. The van der Waals surface area contributed by atoms with Gasteiger partial charge in [0.05, 0.1) is 33.4 Å². The molecule has 0 aliphatic carbocycles. The van der Waals surface area contributed by atoms with Crippen molar-refractivity contribution in [2.45, 2.75) is 65.4 Å². The predicted octanol–water partition coefficient (Wildman–Crippen LogP) is 2.17. The second-order valence-electron chi connectivity index (χ2n) is 10.1. The van der Waals surface area contributed by atoms with Gasteiger partial charge in [0, 0.05) is 32.6 Å². The Hall–Kier alpha value is -2.80. The number of carbonyl (C=O) groups is 3. The van der Waals surface area contributed by atoms with Gasteiger partial charge in [-0.3, -0.25) is 9.59 Å². The number of pyridine rings is 1. The summed E-state index contributed by atoms with van der Waals surface area (Å²) in [4.78, 5) is 42.6. The van der Waals surface area contributed by atoms with E-state index in [1.165, 1.54) is 26.5 Å². The van der Waals surface area contributed by atoms with Crippen LogP contribution in [0.1, 0.15) is 51.5 Å². The van der Waals surface area contributed by atoms with Crippen LogP contribution in [0.25, 0.3) is 0 Å². The van der Waals surface area contributed by atoms with E-state index in [2.05, 4.69) is 10.3 Å². The van der Waals surface area contributed by atoms with Crippen molar-refractivity contribution in [2.24, 2.45) is 11.8 Å². The summed E-state index contributed by atoms with van der Waals surface area (Å²) in [6.07, 6.45) is -0.449. The third-order valence-electron chi connectivity index (χ3n) is 5.58. The van der Waals surface area contributed by atoms with Crippen molar-refractivity contribution in [3.05, 3.63) is 18.0 Å². The summed E-state index contributed by atoms with van der Waals surface area (Å²) in [5, 5.41) is 2.59. The van der Waals surface area contributed by atoms with Crippen molar-refractivity contribution in [1.29, 1.82) is 0 Å². The molecule has 1 saturated heterocycles. The highest BCUT2D eigenvalue weighted by molar-refractivity contribution is 5.98. The smallest absolute Gasteiger partial charge is 0.331 e. The molecule has 12 nitrogen and oxygen atoms in total. The lowest BCUT2D eigenvalue weighted by atomic mass is 10.1. The molecule has 0 unspecified atom stereocenters. The van der Waals surface area contributed by atoms with Crippen LogP contribution in [0.2, 0.25) is 0 Å². The second-order valence-corrected chi connectivity index (χ2v) is 10.1. The Morgan fingerprint density at radius 2 is 1.79 bits per heavy atom. The molecule has 1 amide bonds. The maximum atomic E-state index is 13.2. The van der Waals surface area contributed by atoms with E-state index in [0.29, 0.717) is 13.2 Å². The summed E-state index contributed by atoms with van der Waals surface area (Å²) in [5.74, 6) is -1.64. The van der Waals surface area contributed by atoms with Crippen LogP contribution in [0.4, 0.5) is 0 Å². The number of nitrogens with zero attached hydrogens (tertiary/aromatic N) is 1. The second kappa shape index (κ2) is 16.3. The first kappa shape index (κ1) is 32.4. The van der Waals surface area contributed by atoms with Crippen LogP contribution in [-0.2, 0) is 33.3 Å². The number of hydrogen-bond donors (Lipinski definition) is 1. The molecule has 0 spiro atoms. The van der Waals surface area contributed by atoms with Crippen molar-refractivity contribution >= 4 is 17.8 Å². The average molecular weight is 555 g/mol. The molecule has 1 N–H and O–H groups in total. The highest BCUT2D eigenvalue weighted by atomic mass is 16.6. The van der Waals surface area contributed by atoms with Gasteiger partial charge < -0.3 is 38.5 Å². The van der Waals surface area contributed by atoms with Crippen molar-refractivity contribution in [2.75, 3.05) is 47.3 Å². The van der Waals surface area contributed by atoms with Crippen molar-refractivity contribution in [3.8, 4) is 11.5 Å². The summed E-state index contributed by atoms with van der Waals surface area (Å²) in [6, 6.07) is 0.281. The van der Waals surface area contributed by atoms with E-state index in [0.717, 1.165) is 0 Å². The quantitative estimate of drug-likeness (QED) is 0.359. The third-order valence-corrected chi connectivity index (χ3v) is 5.58. The number of hydrogen-bond acceptors (Lipinski definition) is 11. The summed E-state index contributed by atoms with van der Waals surface area (Å²) in [6.45, 7) is 10.8. The fraction of sp³-hybridized carbons (Fsp3) is 0.704. The van der Waals surface area contributed by atoms with E-state index in [-0.39, 0.29) is 55.3 Å².